The Morgan fingerprint density at radius 3 is 2.42 bits per heavy atom. The number of amides is 2. The standard InChI is InChI=1S/C14H17N3O2/c1-3-8-17(10-13(18)16-2)14(19)12-6-4-11(9-15)5-7-12/h4-7H,3,8,10H2,1-2H3,(H,16,18). The smallest absolute Gasteiger partial charge is 0.254 e. The Kier molecular flexibility index (Phi) is 5.55. The van der Waals surface area contributed by atoms with Gasteiger partial charge < -0.3 is 10.2 Å². The van der Waals surface area contributed by atoms with E-state index >= 15 is 0 Å². The van der Waals surface area contributed by atoms with Crippen LogP contribution in [0.1, 0.15) is 29.3 Å². The predicted octanol–water partition coefficient (Wildman–Crippen LogP) is 1.16. The molecule has 0 saturated carbocycles. The minimum absolute atomic E-state index is 0.0448. The molecule has 1 rings (SSSR count). The molecule has 0 aliphatic rings. The van der Waals surface area contributed by atoms with Gasteiger partial charge in [-0.3, -0.25) is 9.59 Å². The molecule has 0 saturated heterocycles. The highest BCUT2D eigenvalue weighted by atomic mass is 16.2. The summed E-state index contributed by atoms with van der Waals surface area (Å²) in [6.07, 6.45) is 0.777. The van der Waals surface area contributed by atoms with Gasteiger partial charge in [0.25, 0.3) is 5.91 Å². The van der Waals surface area contributed by atoms with E-state index < -0.39 is 0 Å². The SMILES string of the molecule is CCCN(CC(=O)NC)C(=O)c1ccc(C#N)cc1. The van der Waals surface area contributed by atoms with Crippen LogP contribution in [0.5, 0.6) is 0 Å². The minimum Gasteiger partial charge on any atom is -0.358 e. The highest BCUT2D eigenvalue weighted by Gasteiger charge is 2.17. The fourth-order valence-corrected chi connectivity index (χ4v) is 1.64. The maximum absolute atomic E-state index is 12.2. The van der Waals surface area contributed by atoms with Gasteiger partial charge in [0, 0.05) is 19.2 Å². The molecule has 5 heteroatoms. The van der Waals surface area contributed by atoms with Gasteiger partial charge in [0.1, 0.15) is 0 Å². The summed E-state index contributed by atoms with van der Waals surface area (Å²) in [5, 5.41) is 11.2. The van der Waals surface area contributed by atoms with E-state index in [9.17, 15) is 9.59 Å². The zero-order valence-electron chi connectivity index (χ0n) is 11.1. The summed E-state index contributed by atoms with van der Waals surface area (Å²) in [5.74, 6) is -0.398. The Hall–Kier alpha value is -2.35. The summed E-state index contributed by atoms with van der Waals surface area (Å²) in [6.45, 7) is 2.51. The number of rotatable bonds is 5. The Morgan fingerprint density at radius 2 is 1.95 bits per heavy atom. The van der Waals surface area contributed by atoms with Crippen molar-refractivity contribution in [3.63, 3.8) is 0 Å². The fraction of sp³-hybridized carbons (Fsp3) is 0.357. The largest absolute Gasteiger partial charge is 0.358 e. The number of carbonyl (C=O) groups excluding carboxylic acids is 2. The van der Waals surface area contributed by atoms with Crippen LogP contribution in [0, 0.1) is 11.3 Å². The second kappa shape index (κ2) is 7.17. The summed E-state index contributed by atoms with van der Waals surface area (Å²) in [5.41, 5.74) is 0.987. The van der Waals surface area contributed by atoms with E-state index in [2.05, 4.69) is 5.32 Å². The van der Waals surface area contributed by atoms with Crippen molar-refractivity contribution in [3.8, 4) is 6.07 Å². The lowest BCUT2D eigenvalue weighted by Gasteiger charge is -2.21. The molecule has 1 aromatic rings. The molecule has 0 spiro atoms. The van der Waals surface area contributed by atoms with Gasteiger partial charge >= 0.3 is 0 Å². The molecule has 0 fully saturated rings. The third kappa shape index (κ3) is 4.11. The Bertz CT molecular complexity index is 488. The van der Waals surface area contributed by atoms with E-state index in [0.717, 1.165) is 6.42 Å². The van der Waals surface area contributed by atoms with Crippen LogP contribution in [0.3, 0.4) is 0 Å². The maximum atomic E-state index is 12.2. The summed E-state index contributed by atoms with van der Waals surface area (Å²) < 4.78 is 0. The number of carbonyl (C=O) groups is 2. The maximum Gasteiger partial charge on any atom is 0.254 e. The minimum atomic E-state index is -0.199. The van der Waals surface area contributed by atoms with Crippen LogP contribution in [0.15, 0.2) is 24.3 Å². The fourth-order valence-electron chi connectivity index (χ4n) is 1.64. The normalized spacial score (nSPS) is 9.53. The number of hydrogen-bond acceptors (Lipinski definition) is 3. The van der Waals surface area contributed by atoms with Gasteiger partial charge in [0.05, 0.1) is 18.2 Å². The molecule has 0 aliphatic heterocycles. The molecular formula is C14H17N3O2. The van der Waals surface area contributed by atoms with E-state index in [4.69, 9.17) is 5.26 Å². The molecule has 1 aromatic carbocycles. The van der Waals surface area contributed by atoms with Crippen LogP contribution in [-0.4, -0.2) is 36.9 Å². The van der Waals surface area contributed by atoms with Crippen molar-refractivity contribution >= 4 is 11.8 Å². The number of nitriles is 1. The number of benzene rings is 1. The first-order valence-electron chi connectivity index (χ1n) is 6.12. The molecule has 2 amide bonds. The zero-order valence-corrected chi connectivity index (χ0v) is 11.1. The molecule has 100 valence electrons. The number of likely N-dealkylation sites (N-methyl/N-ethyl adjacent to an activating group) is 1. The lowest BCUT2D eigenvalue weighted by Crippen LogP contribution is -2.40. The van der Waals surface area contributed by atoms with E-state index in [0.29, 0.717) is 17.7 Å². The number of nitrogens with one attached hydrogen (secondary N) is 1. The first-order valence-corrected chi connectivity index (χ1v) is 6.12. The van der Waals surface area contributed by atoms with Crippen LogP contribution in [0.2, 0.25) is 0 Å². The van der Waals surface area contributed by atoms with Gasteiger partial charge in [0.2, 0.25) is 5.91 Å². The molecule has 0 aliphatic carbocycles. The lowest BCUT2D eigenvalue weighted by atomic mass is 10.1. The third-order valence-electron chi connectivity index (χ3n) is 2.65. The Morgan fingerprint density at radius 1 is 1.32 bits per heavy atom. The molecule has 0 unspecified atom stereocenters. The van der Waals surface area contributed by atoms with Crippen molar-refractivity contribution in [2.75, 3.05) is 20.1 Å². The van der Waals surface area contributed by atoms with Crippen molar-refractivity contribution < 1.29 is 9.59 Å². The van der Waals surface area contributed by atoms with Crippen LogP contribution in [0.4, 0.5) is 0 Å². The van der Waals surface area contributed by atoms with Gasteiger partial charge in [-0.05, 0) is 30.7 Å². The molecule has 0 bridgehead atoms. The molecular weight excluding hydrogens is 242 g/mol. The summed E-state index contributed by atoms with van der Waals surface area (Å²) in [4.78, 5) is 25.1. The van der Waals surface area contributed by atoms with Gasteiger partial charge in [-0.1, -0.05) is 6.92 Å². The average Bonchev–Trinajstić information content (AvgIpc) is 2.46. The monoisotopic (exact) mass is 259 g/mol. The molecule has 5 nitrogen and oxygen atoms in total. The molecule has 0 radical (unpaired) electrons. The van der Waals surface area contributed by atoms with Crippen molar-refractivity contribution in [1.82, 2.24) is 10.2 Å². The van der Waals surface area contributed by atoms with Crippen LogP contribution >= 0.6 is 0 Å². The molecule has 0 aromatic heterocycles. The van der Waals surface area contributed by atoms with E-state index in [1.165, 1.54) is 4.90 Å². The molecule has 19 heavy (non-hydrogen) atoms. The van der Waals surface area contributed by atoms with Gasteiger partial charge in [-0.25, -0.2) is 0 Å². The van der Waals surface area contributed by atoms with Gasteiger partial charge in [-0.15, -0.1) is 0 Å². The van der Waals surface area contributed by atoms with Gasteiger partial charge in [0.15, 0.2) is 0 Å². The van der Waals surface area contributed by atoms with Crippen LogP contribution in [-0.2, 0) is 4.79 Å². The van der Waals surface area contributed by atoms with Crippen molar-refractivity contribution in [2.24, 2.45) is 0 Å². The van der Waals surface area contributed by atoms with Crippen molar-refractivity contribution in [2.45, 2.75) is 13.3 Å². The van der Waals surface area contributed by atoms with E-state index in [1.54, 1.807) is 31.3 Å². The first-order chi connectivity index (χ1) is 9.12. The van der Waals surface area contributed by atoms with Crippen molar-refractivity contribution in [1.29, 1.82) is 5.26 Å². The topological polar surface area (TPSA) is 73.2 Å². The highest BCUT2D eigenvalue weighted by molar-refractivity contribution is 5.96. The Balaban J connectivity index is 2.85. The third-order valence-corrected chi connectivity index (χ3v) is 2.65. The second-order valence-corrected chi connectivity index (χ2v) is 4.09. The highest BCUT2D eigenvalue weighted by Crippen LogP contribution is 2.08. The summed E-state index contributed by atoms with van der Waals surface area (Å²) >= 11 is 0. The van der Waals surface area contributed by atoms with Crippen LogP contribution in [0.25, 0.3) is 0 Å². The average molecular weight is 259 g/mol. The Labute approximate surface area is 112 Å². The first kappa shape index (κ1) is 14.7. The lowest BCUT2D eigenvalue weighted by molar-refractivity contribution is -0.121. The van der Waals surface area contributed by atoms with Gasteiger partial charge in [-0.2, -0.15) is 5.26 Å². The number of hydrogen-bond donors (Lipinski definition) is 1. The predicted molar refractivity (Wildman–Crippen MR) is 71.4 cm³/mol. The summed E-state index contributed by atoms with van der Waals surface area (Å²) in [7, 11) is 1.54. The second-order valence-electron chi connectivity index (χ2n) is 4.09. The van der Waals surface area contributed by atoms with Crippen molar-refractivity contribution in [3.05, 3.63) is 35.4 Å². The molecule has 1 N–H and O–H groups in total. The number of nitrogens with zero attached hydrogens (tertiary/aromatic N) is 2. The van der Waals surface area contributed by atoms with E-state index in [-0.39, 0.29) is 18.4 Å². The van der Waals surface area contributed by atoms with Crippen LogP contribution < -0.4 is 5.32 Å². The van der Waals surface area contributed by atoms with E-state index in [1.807, 2.05) is 13.0 Å². The zero-order chi connectivity index (χ0) is 14.3. The molecule has 0 atom stereocenters. The summed E-state index contributed by atoms with van der Waals surface area (Å²) in [6, 6.07) is 8.40. The molecule has 0 heterocycles. The quantitative estimate of drug-likeness (QED) is 0.862.